The Hall–Kier alpha value is -0.923. The minimum absolute atomic E-state index is 0.513. The van der Waals surface area contributed by atoms with Crippen LogP contribution in [-0.4, -0.2) is 35.9 Å². The van der Waals surface area contributed by atoms with Gasteiger partial charge < -0.3 is 22.8 Å². The first kappa shape index (κ1) is 18.4. The van der Waals surface area contributed by atoms with Crippen LogP contribution in [0.1, 0.15) is 39.2 Å². The van der Waals surface area contributed by atoms with Crippen molar-refractivity contribution in [3.05, 3.63) is 23.8 Å². The molecular weight excluding hydrogens is 312 g/mol. The molecule has 23 heavy (non-hydrogen) atoms. The normalized spacial score (nSPS) is 21.2. The number of rotatable bonds is 7. The summed E-state index contributed by atoms with van der Waals surface area (Å²) in [6.07, 6.45) is 1.94. The molecule has 0 saturated heterocycles. The molecule has 1 aromatic carbocycles. The monoisotopic (exact) mass is 340 g/mol. The molecule has 2 rings (SSSR count). The van der Waals surface area contributed by atoms with Gasteiger partial charge in [-0.25, -0.2) is 0 Å². The highest BCUT2D eigenvalue weighted by molar-refractivity contribution is 6.75. The van der Waals surface area contributed by atoms with E-state index in [0.29, 0.717) is 12.5 Å². The third-order valence-corrected chi connectivity index (χ3v) is 6.89. The van der Waals surface area contributed by atoms with E-state index in [1.165, 1.54) is 0 Å². The second kappa shape index (κ2) is 7.32. The molecule has 5 nitrogen and oxygen atoms in total. The van der Waals surface area contributed by atoms with Gasteiger partial charge in [-0.1, -0.05) is 19.9 Å². The van der Waals surface area contributed by atoms with Crippen molar-refractivity contribution in [2.24, 2.45) is 5.92 Å². The summed E-state index contributed by atoms with van der Waals surface area (Å²) in [6.45, 7) is 6.93. The molecule has 1 aliphatic heterocycles. The van der Waals surface area contributed by atoms with Crippen molar-refractivity contribution in [1.82, 2.24) is 0 Å². The predicted octanol–water partition coefficient (Wildman–Crippen LogP) is 2.83. The summed E-state index contributed by atoms with van der Waals surface area (Å²) in [5.41, 5.74) is 0.993. The molecule has 1 aromatic rings. The molecule has 6 heteroatoms. The highest BCUT2D eigenvalue weighted by atomic mass is 28.4. The van der Waals surface area contributed by atoms with Crippen LogP contribution in [0.4, 0.5) is 0 Å². The summed E-state index contributed by atoms with van der Waals surface area (Å²) in [6, 6.07) is 5.91. The molecule has 1 unspecified atom stereocenters. The van der Waals surface area contributed by atoms with Gasteiger partial charge in [0.15, 0.2) is 0 Å². The van der Waals surface area contributed by atoms with Crippen LogP contribution in [-0.2, 0) is 24.6 Å². The molecule has 0 aromatic heterocycles. The molecule has 0 saturated carbocycles. The van der Waals surface area contributed by atoms with E-state index in [4.69, 9.17) is 22.8 Å². The molecule has 0 spiro atoms. The summed E-state index contributed by atoms with van der Waals surface area (Å²) >= 11 is 0. The van der Waals surface area contributed by atoms with Crippen LogP contribution >= 0.6 is 0 Å². The second-order valence-electron chi connectivity index (χ2n) is 6.45. The van der Waals surface area contributed by atoms with Gasteiger partial charge in [0.25, 0.3) is 0 Å². The fraction of sp³-hybridized carbons (Fsp3) is 0.647. The molecule has 1 atom stereocenters. The van der Waals surface area contributed by atoms with Gasteiger partial charge in [-0.05, 0) is 24.5 Å². The summed E-state index contributed by atoms with van der Waals surface area (Å²) in [5.74, 6) is 0.925. The van der Waals surface area contributed by atoms with Crippen LogP contribution in [0.15, 0.2) is 18.2 Å². The van der Waals surface area contributed by atoms with Gasteiger partial charge in [-0.15, -0.1) is 0 Å². The first-order valence-electron chi connectivity index (χ1n) is 8.00. The van der Waals surface area contributed by atoms with Crippen LogP contribution in [0.3, 0.4) is 0 Å². The van der Waals surface area contributed by atoms with Crippen molar-refractivity contribution in [1.29, 1.82) is 0 Å². The van der Waals surface area contributed by atoms with Crippen molar-refractivity contribution in [2.45, 2.75) is 46.0 Å². The minimum atomic E-state index is -2.83. The quantitative estimate of drug-likeness (QED) is 0.714. The molecule has 0 amide bonds. The molecule has 0 N–H and O–H groups in total. The first-order valence-corrected chi connectivity index (χ1v) is 9.72. The lowest BCUT2D eigenvalue weighted by atomic mass is 10.0. The Morgan fingerprint density at radius 2 is 1.83 bits per heavy atom. The van der Waals surface area contributed by atoms with E-state index in [1.807, 2.05) is 25.1 Å². The zero-order valence-electron chi connectivity index (χ0n) is 15.0. The third-order valence-electron chi connectivity index (χ3n) is 4.25. The predicted molar refractivity (Wildman–Crippen MR) is 90.8 cm³/mol. The van der Waals surface area contributed by atoms with Crippen molar-refractivity contribution >= 4 is 14.0 Å². The average molecular weight is 340 g/mol. The van der Waals surface area contributed by atoms with Crippen molar-refractivity contribution in [3.8, 4) is 5.75 Å². The average Bonchev–Trinajstić information content (AvgIpc) is 2.55. The third kappa shape index (κ3) is 3.95. The van der Waals surface area contributed by atoms with Crippen LogP contribution < -0.4 is 9.92 Å². The molecule has 0 bridgehead atoms. The highest BCUT2D eigenvalue weighted by Crippen LogP contribution is 2.34. The Bertz CT molecular complexity index is 521. The smallest absolute Gasteiger partial charge is 0.462 e. The molecule has 1 heterocycles. The molecule has 0 radical (unpaired) electrons. The summed E-state index contributed by atoms with van der Waals surface area (Å²) in [7, 11) is 1.99. The fourth-order valence-corrected chi connectivity index (χ4v) is 4.60. The van der Waals surface area contributed by atoms with Crippen LogP contribution in [0.2, 0.25) is 0 Å². The van der Waals surface area contributed by atoms with Gasteiger partial charge in [0.1, 0.15) is 5.75 Å². The molecule has 0 aliphatic carbocycles. The van der Waals surface area contributed by atoms with Gasteiger partial charge in [0, 0.05) is 45.4 Å². The van der Waals surface area contributed by atoms with Crippen LogP contribution in [0.25, 0.3) is 0 Å². The largest absolute Gasteiger partial charge is 0.536 e. The fourth-order valence-electron chi connectivity index (χ4n) is 2.75. The van der Waals surface area contributed by atoms with E-state index >= 15 is 0 Å². The van der Waals surface area contributed by atoms with Crippen molar-refractivity contribution < 1.29 is 22.8 Å². The molecule has 1 aliphatic rings. The Morgan fingerprint density at radius 3 is 2.39 bits per heavy atom. The lowest BCUT2D eigenvalue weighted by molar-refractivity contribution is -0.198. The van der Waals surface area contributed by atoms with Gasteiger partial charge in [0.2, 0.25) is 5.79 Å². The Kier molecular flexibility index (Phi) is 5.86. The van der Waals surface area contributed by atoms with E-state index in [-0.39, 0.29) is 0 Å². The number of hydrogen-bond acceptors (Lipinski definition) is 5. The van der Waals surface area contributed by atoms with Crippen LogP contribution in [0, 0.1) is 5.92 Å². The highest BCUT2D eigenvalue weighted by Gasteiger charge is 2.42. The zero-order valence-corrected chi connectivity index (χ0v) is 16.0. The van der Waals surface area contributed by atoms with Crippen molar-refractivity contribution in [2.75, 3.05) is 21.3 Å². The second-order valence-corrected chi connectivity index (χ2v) is 9.36. The number of fused-ring (bicyclic) bond motifs is 1. The lowest BCUT2D eigenvalue weighted by Gasteiger charge is -2.36. The Balaban J connectivity index is 2.21. The summed E-state index contributed by atoms with van der Waals surface area (Å²) in [4.78, 5) is 0. The van der Waals surface area contributed by atoms with Gasteiger partial charge in [-0.2, -0.15) is 0 Å². The maximum atomic E-state index is 6.11. The number of benzene rings is 1. The van der Waals surface area contributed by atoms with E-state index in [1.54, 1.807) is 21.3 Å². The van der Waals surface area contributed by atoms with E-state index in [0.717, 1.165) is 29.3 Å². The minimum Gasteiger partial charge on any atom is -0.462 e. The first-order chi connectivity index (χ1) is 10.9. The lowest BCUT2D eigenvalue weighted by Crippen LogP contribution is -2.55. The SMILES string of the molecule is CO[Si](OC)(OC)c1ccc2c(c1)COC(C)(CCC(C)C)O2. The standard InChI is InChI=1S/C17H28O5Si/c1-13(2)9-10-17(3)21-12-14-11-15(7-8-16(14)22-17)23(18-4,19-5)20-6/h7-8,11,13H,9-10,12H2,1-6H3. The van der Waals surface area contributed by atoms with E-state index in [9.17, 15) is 0 Å². The Morgan fingerprint density at radius 1 is 1.17 bits per heavy atom. The van der Waals surface area contributed by atoms with E-state index < -0.39 is 14.6 Å². The molecule has 130 valence electrons. The Labute approximate surface area is 140 Å². The maximum Gasteiger partial charge on any atom is 0.536 e. The van der Waals surface area contributed by atoms with E-state index in [2.05, 4.69) is 13.8 Å². The van der Waals surface area contributed by atoms with Gasteiger partial charge in [0.05, 0.1) is 6.61 Å². The van der Waals surface area contributed by atoms with Gasteiger partial charge in [-0.3, -0.25) is 0 Å². The van der Waals surface area contributed by atoms with Crippen LogP contribution in [0.5, 0.6) is 5.75 Å². The van der Waals surface area contributed by atoms with Gasteiger partial charge >= 0.3 is 8.80 Å². The zero-order chi connectivity index (χ0) is 17.1. The van der Waals surface area contributed by atoms with Crippen molar-refractivity contribution in [3.63, 3.8) is 0 Å². The topological polar surface area (TPSA) is 46.2 Å². The summed E-state index contributed by atoms with van der Waals surface area (Å²) < 4.78 is 28.7. The maximum absolute atomic E-state index is 6.11. The molecular formula is C17H28O5Si. The number of hydrogen-bond donors (Lipinski definition) is 0. The summed E-state index contributed by atoms with van der Waals surface area (Å²) in [5, 5.41) is 0.904. The number of ether oxygens (including phenoxy) is 2. The molecule has 0 fully saturated rings.